The molecule has 0 saturated heterocycles. The maximum absolute atomic E-state index is 6.71. The number of benzene rings is 8. The minimum absolute atomic E-state index is 0.859. The lowest BCUT2D eigenvalue weighted by Crippen LogP contribution is -1.94. The minimum Gasteiger partial charge on any atom is -0.456 e. The maximum Gasteiger partial charge on any atom is 0.145 e. The van der Waals surface area contributed by atoms with Crippen LogP contribution in [0.1, 0.15) is 0 Å². The van der Waals surface area contributed by atoms with Gasteiger partial charge in [0.2, 0.25) is 0 Å². The number of hydrogen-bond acceptors (Lipinski definition) is 2. The van der Waals surface area contributed by atoms with E-state index in [-0.39, 0.29) is 0 Å². The first kappa shape index (κ1) is 27.3. The van der Waals surface area contributed by atoms with Crippen molar-refractivity contribution in [1.82, 2.24) is 9.55 Å². The summed E-state index contributed by atoms with van der Waals surface area (Å²) < 4.78 is 8.94. The van der Waals surface area contributed by atoms with E-state index in [1.54, 1.807) is 0 Å². The molecule has 8 aromatic carbocycles. The van der Waals surface area contributed by atoms with Crippen molar-refractivity contribution in [2.24, 2.45) is 0 Å². The Balaban J connectivity index is 1.13. The third kappa shape index (κ3) is 3.83. The number of aromatic nitrogens is 2. The Morgan fingerprint density at radius 3 is 1.80 bits per heavy atom. The summed E-state index contributed by atoms with van der Waals surface area (Å²) in [6.07, 6.45) is 1.86. The van der Waals surface area contributed by atoms with Gasteiger partial charge in [0.15, 0.2) is 0 Å². The molecule has 0 N–H and O–H groups in total. The van der Waals surface area contributed by atoms with Gasteiger partial charge in [0, 0.05) is 33.8 Å². The molecule has 11 aromatic rings. The summed E-state index contributed by atoms with van der Waals surface area (Å²) >= 11 is 0. The van der Waals surface area contributed by atoms with E-state index in [1.165, 1.54) is 54.4 Å². The molecule has 3 heteroatoms. The predicted octanol–water partition coefficient (Wildman–Crippen LogP) is 12.9. The van der Waals surface area contributed by atoms with Crippen LogP contribution in [0.25, 0.3) is 104 Å². The molecule has 0 aliphatic rings. The van der Waals surface area contributed by atoms with Crippen molar-refractivity contribution in [2.75, 3.05) is 0 Å². The van der Waals surface area contributed by atoms with Crippen LogP contribution in [0.4, 0.5) is 0 Å². The molecule has 3 heterocycles. The van der Waals surface area contributed by atoms with Gasteiger partial charge in [-0.2, -0.15) is 0 Å². The Kier molecular flexibility index (Phi) is 5.67. The largest absolute Gasteiger partial charge is 0.456 e. The molecule has 0 unspecified atom stereocenters. The fourth-order valence-electron chi connectivity index (χ4n) is 8.29. The molecule has 0 aliphatic carbocycles. The second-order valence-electron chi connectivity index (χ2n) is 13.1. The molecule has 0 radical (unpaired) electrons. The highest BCUT2D eigenvalue weighted by Crippen LogP contribution is 2.46. The normalized spacial score (nSPS) is 12.0. The second-order valence-corrected chi connectivity index (χ2v) is 13.1. The van der Waals surface area contributed by atoms with Crippen molar-refractivity contribution < 1.29 is 4.42 Å². The number of pyridine rings is 1. The van der Waals surface area contributed by atoms with Gasteiger partial charge in [0.25, 0.3) is 0 Å². The van der Waals surface area contributed by atoms with Gasteiger partial charge in [-0.3, -0.25) is 4.57 Å². The van der Waals surface area contributed by atoms with E-state index >= 15 is 0 Å². The van der Waals surface area contributed by atoms with Crippen LogP contribution >= 0.6 is 0 Å². The number of fused-ring (bicyclic) bond motifs is 9. The summed E-state index contributed by atoms with van der Waals surface area (Å²) in [6.45, 7) is 0. The summed E-state index contributed by atoms with van der Waals surface area (Å²) in [5, 5.41) is 12.0. The summed E-state index contributed by atoms with van der Waals surface area (Å²) in [6, 6.07) is 58.9. The van der Waals surface area contributed by atoms with Crippen LogP contribution in [-0.4, -0.2) is 9.55 Å². The van der Waals surface area contributed by atoms with E-state index in [0.29, 0.717) is 0 Å². The minimum atomic E-state index is 0.859. The molecule has 50 heavy (non-hydrogen) atoms. The lowest BCUT2D eigenvalue weighted by Gasteiger charge is -2.18. The van der Waals surface area contributed by atoms with E-state index in [4.69, 9.17) is 9.40 Å². The maximum atomic E-state index is 6.71. The molecular weight excluding hydrogens is 609 g/mol. The average Bonchev–Trinajstić information content (AvgIpc) is 3.71. The standard InChI is InChI=1S/C47H28N2O/c1-2-13-32-29(11-1)12-9-19-36(32)46-39-17-5-3-15-37(39)45(38-16-4-6-18-40(38)46)30-22-24-34-35-25-23-31(28-44(35)50-43(34)27-30)49-42-21-8-7-14-33(42)41-20-10-26-48-47(41)49/h1-28H. The van der Waals surface area contributed by atoms with E-state index in [9.17, 15) is 0 Å². The van der Waals surface area contributed by atoms with Gasteiger partial charge < -0.3 is 4.42 Å². The topological polar surface area (TPSA) is 31.0 Å². The van der Waals surface area contributed by atoms with Crippen molar-refractivity contribution in [3.05, 3.63) is 170 Å². The van der Waals surface area contributed by atoms with Crippen molar-refractivity contribution in [3.8, 4) is 27.9 Å². The Morgan fingerprint density at radius 2 is 1.02 bits per heavy atom. The summed E-state index contributed by atoms with van der Waals surface area (Å²) in [5.41, 5.74) is 9.72. The molecule has 232 valence electrons. The monoisotopic (exact) mass is 636 g/mol. The van der Waals surface area contributed by atoms with Crippen LogP contribution in [0.2, 0.25) is 0 Å². The van der Waals surface area contributed by atoms with Gasteiger partial charge in [0.1, 0.15) is 16.8 Å². The van der Waals surface area contributed by atoms with E-state index in [2.05, 4.69) is 162 Å². The Hall–Kier alpha value is -6.71. The first-order valence-electron chi connectivity index (χ1n) is 17.0. The van der Waals surface area contributed by atoms with Crippen molar-refractivity contribution in [3.63, 3.8) is 0 Å². The van der Waals surface area contributed by atoms with Gasteiger partial charge in [-0.1, -0.05) is 115 Å². The number of para-hydroxylation sites is 1. The molecule has 0 aliphatic heterocycles. The van der Waals surface area contributed by atoms with Crippen molar-refractivity contribution in [1.29, 1.82) is 0 Å². The van der Waals surface area contributed by atoms with Crippen molar-refractivity contribution >= 4 is 76.2 Å². The summed E-state index contributed by atoms with van der Waals surface area (Å²) in [4.78, 5) is 4.79. The highest BCUT2D eigenvalue weighted by molar-refractivity contribution is 6.24. The molecule has 0 fully saturated rings. The fraction of sp³-hybridized carbons (Fsp3) is 0. The zero-order valence-corrected chi connectivity index (χ0v) is 27.0. The molecule has 0 amide bonds. The van der Waals surface area contributed by atoms with Gasteiger partial charge in [0.05, 0.1) is 11.2 Å². The molecule has 3 aromatic heterocycles. The first-order chi connectivity index (χ1) is 24.8. The van der Waals surface area contributed by atoms with E-state index in [1.807, 2.05) is 12.3 Å². The number of nitrogens with zero attached hydrogens (tertiary/aromatic N) is 2. The Morgan fingerprint density at radius 1 is 0.420 bits per heavy atom. The first-order valence-corrected chi connectivity index (χ1v) is 17.0. The Labute approximate surface area is 287 Å². The number of rotatable bonds is 3. The van der Waals surface area contributed by atoms with E-state index < -0.39 is 0 Å². The zero-order valence-electron chi connectivity index (χ0n) is 27.0. The molecule has 11 rings (SSSR count). The van der Waals surface area contributed by atoms with Crippen LogP contribution in [0.5, 0.6) is 0 Å². The molecular formula is C47H28N2O. The highest BCUT2D eigenvalue weighted by atomic mass is 16.3. The molecule has 0 atom stereocenters. The van der Waals surface area contributed by atoms with Gasteiger partial charge in [-0.15, -0.1) is 0 Å². The van der Waals surface area contributed by atoms with Gasteiger partial charge in [-0.05, 0) is 97.0 Å². The third-order valence-electron chi connectivity index (χ3n) is 10.4. The molecule has 0 bridgehead atoms. The SMILES string of the molecule is c1ccc2c(-c3c4ccccc4c(-c4ccc5c(c4)oc4cc(-n6c7ccccc7c7cccnc76)ccc45)c4ccccc34)cccc2c1. The van der Waals surface area contributed by atoms with Gasteiger partial charge >= 0.3 is 0 Å². The lowest BCUT2D eigenvalue weighted by molar-refractivity contribution is 0.669. The highest BCUT2D eigenvalue weighted by Gasteiger charge is 2.19. The third-order valence-corrected chi connectivity index (χ3v) is 10.4. The average molecular weight is 637 g/mol. The van der Waals surface area contributed by atoms with Crippen LogP contribution in [0.3, 0.4) is 0 Å². The van der Waals surface area contributed by atoms with Gasteiger partial charge in [-0.25, -0.2) is 4.98 Å². The molecule has 0 spiro atoms. The summed E-state index contributed by atoms with van der Waals surface area (Å²) in [5.74, 6) is 0. The number of hydrogen-bond donors (Lipinski definition) is 0. The molecule has 3 nitrogen and oxygen atoms in total. The second kappa shape index (κ2) is 10.4. The lowest BCUT2D eigenvalue weighted by atomic mass is 9.84. The quantitative estimate of drug-likeness (QED) is 0.181. The number of furan rings is 1. The van der Waals surface area contributed by atoms with Crippen LogP contribution < -0.4 is 0 Å². The van der Waals surface area contributed by atoms with E-state index in [0.717, 1.165) is 49.7 Å². The van der Waals surface area contributed by atoms with Crippen LogP contribution in [0, 0.1) is 0 Å². The summed E-state index contributed by atoms with van der Waals surface area (Å²) in [7, 11) is 0. The Bertz CT molecular complexity index is 3050. The fourth-order valence-corrected chi connectivity index (χ4v) is 8.29. The molecule has 0 saturated carbocycles. The predicted molar refractivity (Wildman–Crippen MR) is 209 cm³/mol. The van der Waals surface area contributed by atoms with Crippen LogP contribution in [0.15, 0.2) is 174 Å². The van der Waals surface area contributed by atoms with Crippen molar-refractivity contribution in [2.45, 2.75) is 0 Å². The smallest absolute Gasteiger partial charge is 0.145 e. The zero-order chi connectivity index (χ0) is 32.8. The van der Waals surface area contributed by atoms with Crippen LogP contribution in [-0.2, 0) is 0 Å².